The highest BCUT2D eigenvalue weighted by Gasteiger charge is 2.26. The zero-order valence-corrected chi connectivity index (χ0v) is 34.9. The van der Waals surface area contributed by atoms with E-state index < -0.39 is 0 Å². The highest BCUT2D eigenvalue weighted by Crippen LogP contribution is 2.53. The molecule has 294 valence electrons. The van der Waals surface area contributed by atoms with Crippen LogP contribution < -0.4 is 9.64 Å². The molecular weight excluding hydrogens is 783 g/mol. The lowest BCUT2D eigenvalue weighted by atomic mass is 9.92. The van der Waals surface area contributed by atoms with Crippen molar-refractivity contribution in [3.05, 3.63) is 224 Å². The molecule has 2 heterocycles. The Morgan fingerprint density at radius 2 is 0.810 bits per heavy atom. The Morgan fingerprint density at radius 1 is 0.302 bits per heavy atom. The molecule has 1 aliphatic heterocycles. The maximum absolute atomic E-state index is 7.13. The van der Waals surface area contributed by atoms with E-state index in [0.29, 0.717) is 0 Å². The molecule has 0 N–H and O–H groups in total. The Morgan fingerprint density at radius 3 is 1.52 bits per heavy atom. The Kier molecular flexibility index (Phi) is 8.12. The Hall–Kier alpha value is -7.98. The van der Waals surface area contributed by atoms with E-state index in [-0.39, 0.29) is 0 Å². The van der Waals surface area contributed by atoms with Crippen LogP contribution >= 0.6 is 11.3 Å². The molecule has 0 saturated heterocycles. The third-order valence-corrected chi connectivity index (χ3v) is 14.0. The van der Waals surface area contributed by atoms with Gasteiger partial charge in [0.2, 0.25) is 0 Å². The normalized spacial score (nSPS) is 11.9. The zero-order chi connectivity index (χ0) is 41.4. The fourth-order valence-electron chi connectivity index (χ4n) is 10.2. The number of ether oxygens (including phenoxy) is 1. The third-order valence-electron chi connectivity index (χ3n) is 12.9. The standard InChI is InChI=1S/C60H37NOS/c1-2-17-38(18-3-1)61(54-30-16-29-51-46-25-9-8-23-44(46)48-26-12-14-31-55(48)62-60(51)54)39-33-34-47-43-22-7-5-20-41(43)40-19-4-6-21-42(40)45-24-10-11-27-49(45)58-50(53(47)37-39)35-36-57-59(58)52-28-13-15-32-56(52)63-57/h1-37H. The Bertz CT molecular complexity index is 3900. The summed E-state index contributed by atoms with van der Waals surface area (Å²) < 4.78 is 9.71. The number of rotatable bonds is 3. The van der Waals surface area contributed by atoms with Crippen LogP contribution in [-0.2, 0) is 0 Å². The lowest BCUT2D eigenvalue weighted by Crippen LogP contribution is -2.11. The second kappa shape index (κ2) is 14.3. The average Bonchev–Trinajstić information content (AvgIpc) is 3.66. The first-order chi connectivity index (χ1) is 31.3. The van der Waals surface area contributed by atoms with Gasteiger partial charge in [0.1, 0.15) is 5.75 Å². The topological polar surface area (TPSA) is 12.5 Å². The van der Waals surface area contributed by atoms with Crippen molar-refractivity contribution in [2.24, 2.45) is 0 Å². The third kappa shape index (κ3) is 5.57. The largest absolute Gasteiger partial charge is 0.454 e. The van der Waals surface area contributed by atoms with Gasteiger partial charge in [-0.2, -0.15) is 0 Å². The molecule has 13 rings (SSSR count). The number of para-hydroxylation sites is 3. The minimum Gasteiger partial charge on any atom is -0.454 e. The van der Waals surface area contributed by atoms with E-state index in [4.69, 9.17) is 4.74 Å². The van der Waals surface area contributed by atoms with Crippen molar-refractivity contribution in [2.45, 2.75) is 0 Å². The number of thiophene rings is 1. The molecule has 0 amide bonds. The second-order valence-corrected chi connectivity index (χ2v) is 17.4. The van der Waals surface area contributed by atoms with Crippen molar-refractivity contribution >= 4 is 102 Å². The molecule has 1 aliphatic rings. The fraction of sp³-hybridized carbons (Fsp3) is 0. The first-order valence-corrected chi connectivity index (χ1v) is 22.3. The van der Waals surface area contributed by atoms with Crippen molar-refractivity contribution in [3.63, 3.8) is 0 Å². The fourth-order valence-corrected chi connectivity index (χ4v) is 11.3. The average molecular weight is 820 g/mol. The zero-order valence-electron chi connectivity index (χ0n) is 34.1. The molecule has 63 heavy (non-hydrogen) atoms. The molecule has 0 fully saturated rings. The molecule has 11 aromatic carbocycles. The summed E-state index contributed by atoms with van der Waals surface area (Å²) in [7, 11) is 0. The molecule has 0 aliphatic carbocycles. The predicted octanol–water partition coefficient (Wildman–Crippen LogP) is 17.9. The quantitative estimate of drug-likeness (QED) is 0.176. The van der Waals surface area contributed by atoms with Crippen LogP contribution in [0.4, 0.5) is 17.1 Å². The number of hydrogen-bond donors (Lipinski definition) is 0. The molecule has 2 nitrogen and oxygen atoms in total. The van der Waals surface area contributed by atoms with Crippen molar-refractivity contribution < 1.29 is 4.74 Å². The highest BCUT2D eigenvalue weighted by molar-refractivity contribution is 7.26. The molecule has 0 saturated carbocycles. The van der Waals surface area contributed by atoms with Gasteiger partial charge in [-0.3, -0.25) is 0 Å². The van der Waals surface area contributed by atoms with E-state index in [1.54, 1.807) is 0 Å². The number of nitrogens with zero attached hydrogens (tertiary/aromatic N) is 1. The van der Waals surface area contributed by atoms with Crippen molar-refractivity contribution in [1.82, 2.24) is 0 Å². The van der Waals surface area contributed by atoms with Crippen LogP contribution in [0.5, 0.6) is 11.5 Å². The summed E-state index contributed by atoms with van der Waals surface area (Å²) in [6.45, 7) is 0. The second-order valence-electron chi connectivity index (χ2n) is 16.3. The number of anilines is 3. The van der Waals surface area contributed by atoms with Crippen molar-refractivity contribution in [1.29, 1.82) is 0 Å². The highest BCUT2D eigenvalue weighted by atomic mass is 32.1. The molecule has 0 radical (unpaired) electrons. The van der Waals surface area contributed by atoms with Gasteiger partial charge in [0, 0.05) is 42.7 Å². The van der Waals surface area contributed by atoms with Gasteiger partial charge in [-0.1, -0.05) is 176 Å². The molecular formula is C60H37NOS. The van der Waals surface area contributed by atoms with E-state index in [2.05, 4.69) is 229 Å². The van der Waals surface area contributed by atoms with Crippen molar-refractivity contribution in [3.8, 4) is 33.8 Å². The Labute approximate surface area is 368 Å². The minimum atomic E-state index is 0.821. The van der Waals surface area contributed by atoms with Crippen molar-refractivity contribution in [2.75, 3.05) is 4.90 Å². The van der Waals surface area contributed by atoms with Crippen LogP contribution in [0.1, 0.15) is 0 Å². The Balaban J connectivity index is 1.22. The van der Waals surface area contributed by atoms with Gasteiger partial charge in [0.25, 0.3) is 0 Å². The number of benzene rings is 10. The van der Waals surface area contributed by atoms with E-state index in [1.807, 2.05) is 11.3 Å². The summed E-state index contributed by atoms with van der Waals surface area (Å²) in [5.41, 5.74) is 7.48. The molecule has 0 unspecified atom stereocenters. The molecule has 0 atom stereocenters. The van der Waals surface area contributed by atoms with Gasteiger partial charge in [0.05, 0.1) is 5.69 Å². The lowest BCUT2D eigenvalue weighted by molar-refractivity contribution is 0.489. The summed E-state index contributed by atoms with van der Waals surface area (Å²) in [6.07, 6.45) is 0. The van der Waals surface area contributed by atoms with Gasteiger partial charge in [-0.05, 0) is 114 Å². The van der Waals surface area contributed by atoms with Crippen LogP contribution in [0.25, 0.3) is 96.3 Å². The number of hydrogen-bond acceptors (Lipinski definition) is 3. The monoisotopic (exact) mass is 819 g/mol. The molecule has 3 heteroatoms. The van der Waals surface area contributed by atoms with Gasteiger partial charge in [-0.25, -0.2) is 0 Å². The molecule has 1 aromatic heterocycles. The van der Waals surface area contributed by atoms with Crippen LogP contribution in [0.15, 0.2) is 224 Å². The smallest absolute Gasteiger partial charge is 0.159 e. The molecule has 12 aromatic rings. The summed E-state index contributed by atoms with van der Waals surface area (Å²) in [4.78, 5) is 2.38. The van der Waals surface area contributed by atoms with Gasteiger partial charge in [-0.15, -0.1) is 11.3 Å². The minimum absolute atomic E-state index is 0.821. The van der Waals surface area contributed by atoms with Crippen LogP contribution in [0, 0.1) is 0 Å². The van der Waals surface area contributed by atoms with Crippen LogP contribution in [0.3, 0.4) is 0 Å². The number of fused-ring (bicyclic) bond motifs is 19. The maximum atomic E-state index is 7.13. The van der Waals surface area contributed by atoms with E-state index in [0.717, 1.165) is 50.8 Å². The molecule has 0 spiro atoms. The predicted molar refractivity (Wildman–Crippen MR) is 270 cm³/mol. The first-order valence-electron chi connectivity index (χ1n) is 21.5. The van der Waals surface area contributed by atoms with Gasteiger partial charge in [0.15, 0.2) is 5.75 Å². The van der Waals surface area contributed by atoms with E-state index in [9.17, 15) is 0 Å². The summed E-state index contributed by atoms with van der Waals surface area (Å²) in [5, 5.41) is 14.7. The summed E-state index contributed by atoms with van der Waals surface area (Å²) >= 11 is 1.87. The maximum Gasteiger partial charge on any atom is 0.159 e. The lowest BCUT2D eigenvalue weighted by Gasteiger charge is -2.28. The summed E-state index contributed by atoms with van der Waals surface area (Å²) in [5.74, 6) is 1.66. The van der Waals surface area contributed by atoms with E-state index >= 15 is 0 Å². The van der Waals surface area contributed by atoms with Gasteiger partial charge >= 0.3 is 0 Å². The summed E-state index contributed by atoms with van der Waals surface area (Å²) in [6, 6.07) is 81.9. The van der Waals surface area contributed by atoms with Crippen LogP contribution in [-0.4, -0.2) is 0 Å². The van der Waals surface area contributed by atoms with Crippen LogP contribution in [0.2, 0.25) is 0 Å². The molecule has 0 bridgehead atoms. The van der Waals surface area contributed by atoms with E-state index in [1.165, 1.54) is 74.0 Å². The van der Waals surface area contributed by atoms with Gasteiger partial charge < -0.3 is 9.64 Å². The first kappa shape index (κ1) is 35.7. The SMILES string of the molecule is c1ccc(N(c2ccc3c4ccccc4c4ccccc4c4ccccc4c4c(ccc5sc6ccccc6c54)c3c2)c2cccc3c2Oc2ccccc2-c2ccccc2-3)cc1.